The lowest BCUT2D eigenvalue weighted by molar-refractivity contribution is -0.142. The van der Waals surface area contributed by atoms with Crippen molar-refractivity contribution in [2.45, 2.75) is 38.5 Å². The molecule has 3 rings (SSSR count). The van der Waals surface area contributed by atoms with Gasteiger partial charge in [-0.3, -0.25) is 4.79 Å². The lowest BCUT2D eigenvalue weighted by atomic mass is 10.1. The SMILES string of the molecule is CC[C@H](Oc1ccccc1F)C(=O)N(Cc1ccc(Br)o1)[C@@H]1CCS(=O)(=O)C1. The average Bonchev–Trinajstić information content (AvgIpc) is 3.23. The minimum absolute atomic E-state index is 0.0116. The summed E-state index contributed by atoms with van der Waals surface area (Å²) in [5, 5.41) is 0. The Morgan fingerprint density at radius 3 is 2.68 bits per heavy atom. The van der Waals surface area contributed by atoms with Gasteiger partial charge in [0.05, 0.1) is 18.1 Å². The van der Waals surface area contributed by atoms with Crippen molar-refractivity contribution >= 4 is 31.7 Å². The van der Waals surface area contributed by atoms with Crippen molar-refractivity contribution in [2.24, 2.45) is 0 Å². The summed E-state index contributed by atoms with van der Waals surface area (Å²) in [5.41, 5.74) is 0. The highest BCUT2D eigenvalue weighted by Gasteiger charge is 2.38. The number of hydrogen-bond acceptors (Lipinski definition) is 5. The zero-order valence-corrected chi connectivity index (χ0v) is 17.7. The zero-order chi connectivity index (χ0) is 20.3. The van der Waals surface area contributed by atoms with E-state index in [-0.39, 0.29) is 29.7 Å². The summed E-state index contributed by atoms with van der Waals surface area (Å²) in [5.74, 6) is -0.503. The number of halogens is 2. The van der Waals surface area contributed by atoms with E-state index in [1.165, 1.54) is 23.1 Å². The first-order valence-electron chi connectivity index (χ1n) is 8.95. The van der Waals surface area contributed by atoms with Gasteiger partial charge in [0.25, 0.3) is 5.91 Å². The maximum Gasteiger partial charge on any atom is 0.264 e. The molecular weight excluding hydrogens is 453 g/mol. The van der Waals surface area contributed by atoms with Gasteiger partial charge in [-0.25, -0.2) is 12.8 Å². The van der Waals surface area contributed by atoms with Crippen LogP contribution in [0.25, 0.3) is 0 Å². The zero-order valence-electron chi connectivity index (χ0n) is 15.3. The normalized spacial score (nSPS) is 19.3. The number of para-hydroxylation sites is 1. The molecule has 2 heterocycles. The fourth-order valence-corrected chi connectivity index (χ4v) is 5.27. The smallest absolute Gasteiger partial charge is 0.264 e. The Hall–Kier alpha value is -1.87. The van der Waals surface area contributed by atoms with Gasteiger partial charge in [0.1, 0.15) is 5.76 Å². The highest BCUT2D eigenvalue weighted by molar-refractivity contribution is 9.10. The first kappa shape index (κ1) is 20.9. The number of furan rings is 1. The minimum Gasteiger partial charge on any atom is -0.478 e. The molecule has 152 valence electrons. The van der Waals surface area contributed by atoms with Gasteiger partial charge in [0.2, 0.25) is 0 Å². The van der Waals surface area contributed by atoms with Crippen LogP contribution in [-0.4, -0.2) is 42.9 Å². The molecule has 2 aromatic rings. The molecule has 0 saturated carbocycles. The van der Waals surface area contributed by atoms with Crippen molar-refractivity contribution in [2.75, 3.05) is 11.5 Å². The lowest BCUT2D eigenvalue weighted by Gasteiger charge is -2.31. The van der Waals surface area contributed by atoms with Crippen molar-refractivity contribution < 1.29 is 26.8 Å². The van der Waals surface area contributed by atoms with Gasteiger partial charge in [0, 0.05) is 6.04 Å². The van der Waals surface area contributed by atoms with Gasteiger partial charge in [0.15, 0.2) is 32.2 Å². The molecule has 0 spiro atoms. The average molecular weight is 474 g/mol. The molecule has 2 atom stereocenters. The molecule has 6 nitrogen and oxygen atoms in total. The molecule has 0 aliphatic carbocycles. The molecule has 0 bridgehead atoms. The lowest BCUT2D eigenvalue weighted by Crippen LogP contribution is -2.47. The monoisotopic (exact) mass is 473 g/mol. The third-order valence-electron chi connectivity index (χ3n) is 4.64. The van der Waals surface area contributed by atoms with E-state index in [4.69, 9.17) is 9.15 Å². The molecule has 0 radical (unpaired) electrons. The highest BCUT2D eigenvalue weighted by atomic mass is 79.9. The van der Waals surface area contributed by atoms with Crippen LogP contribution in [-0.2, 0) is 21.2 Å². The molecule has 28 heavy (non-hydrogen) atoms. The summed E-state index contributed by atoms with van der Waals surface area (Å²) in [4.78, 5) is 14.7. The predicted molar refractivity (Wildman–Crippen MR) is 105 cm³/mol. The summed E-state index contributed by atoms with van der Waals surface area (Å²) < 4.78 is 49.5. The summed E-state index contributed by atoms with van der Waals surface area (Å²) in [7, 11) is -3.19. The van der Waals surface area contributed by atoms with Crippen LogP contribution in [0.4, 0.5) is 4.39 Å². The van der Waals surface area contributed by atoms with Gasteiger partial charge in [-0.1, -0.05) is 19.1 Å². The molecule has 0 N–H and O–H groups in total. The number of amides is 1. The highest BCUT2D eigenvalue weighted by Crippen LogP contribution is 2.25. The van der Waals surface area contributed by atoms with E-state index in [1.54, 1.807) is 25.1 Å². The van der Waals surface area contributed by atoms with Crippen LogP contribution in [0.2, 0.25) is 0 Å². The number of benzene rings is 1. The van der Waals surface area contributed by atoms with Gasteiger partial charge < -0.3 is 14.1 Å². The number of rotatable bonds is 7. The quantitative estimate of drug-likeness (QED) is 0.614. The molecule has 1 aromatic carbocycles. The largest absolute Gasteiger partial charge is 0.478 e. The third-order valence-corrected chi connectivity index (χ3v) is 6.82. The van der Waals surface area contributed by atoms with Crippen LogP contribution in [0.15, 0.2) is 45.5 Å². The van der Waals surface area contributed by atoms with E-state index >= 15 is 0 Å². The van der Waals surface area contributed by atoms with Gasteiger partial charge in [-0.2, -0.15) is 0 Å². The second kappa shape index (κ2) is 8.65. The maximum absolute atomic E-state index is 14.0. The van der Waals surface area contributed by atoms with E-state index in [2.05, 4.69) is 15.9 Å². The molecule has 1 aromatic heterocycles. The second-order valence-corrected chi connectivity index (χ2v) is 9.68. The number of nitrogens with zero attached hydrogens (tertiary/aromatic N) is 1. The Morgan fingerprint density at radius 2 is 2.11 bits per heavy atom. The molecule has 1 fully saturated rings. The summed E-state index contributed by atoms with van der Waals surface area (Å²) in [6, 6.07) is 8.82. The van der Waals surface area contributed by atoms with Crippen molar-refractivity contribution in [3.05, 3.63) is 52.6 Å². The molecule has 1 saturated heterocycles. The van der Waals surface area contributed by atoms with Crippen LogP contribution >= 0.6 is 15.9 Å². The fourth-order valence-electron chi connectivity index (χ4n) is 3.20. The number of sulfone groups is 1. The van der Waals surface area contributed by atoms with E-state index in [0.717, 1.165) is 0 Å². The summed E-state index contributed by atoms with van der Waals surface area (Å²) in [6.07, 6.45) is -0.268. The molecule has 9 heteroatoms. The van der Waals surface area contributed by atoms with E-state index in [9.17, 15) is 17.6 Å². The summed E-state index contributed by atoms with van der Waals surface area (Å²) in [6.45, 7) is 1.87. The van der Waals surface area contributed by atoms with E-state index in [0.29, 0.717) is 23.3 Å². The van der Waals surface area contributed by atoms with Crippen LogP contribution in [0.1, 0.15) is 25.5 Å². The number of carbonyl (C=O) groups is 1. The standard InChI is InChI=1S/C19H21BrFNO5S/c1-2-16(27-17-6-4-3-5-15(17)21)19(23)22(11-14-7-8-18(20)26-14)13-9-10-28(24,25)12-13/h3-8,13,16H,2,9-12H2,1H3/t13-,16+/m1/s1. The molecule has 0 unspecified atom stereocenters. The number of hydrogen-bond donors (Lipinski definition) is 0. The van der Waals surface area contributed by atoms with Crippen LogP contribution in [0.5, 0.6) is 5.75 Å². The van der Waals surface area contributed by atoms with Gasteiger partial charge >= 0.3 is 0 Å². The van der Waals surface area contributed by atoms with Crippen LogP contribution in [0.3, 0.4) is 0 Å². The Morgan fingerprint density at radius 1 is 1.36 bits per heavy atom. The topological polar surface area (TPSA) is 76.8 Å². The molecule has 1 amide bonds. The van der Waals surface area contributed by atoms with Gasteiger partial charge in [-0.05, 0) is 53.0 Å². The molecular formula is C19H21BrFNO5S. The first-order valence-corrected chi connectivity index (χ1v) is 11.6. The van der Waals surface area contributed by atoms with Crippen molar-refractivity contribution in [1.82, 2.24) is 4.90 Å². The Kier molecular flexibility index (Phi) is 6.44. The van der Waals surface area contributed by atoms with Gasteiger partial charge in [-0.15, -0.1) is 0 Å². The molecule has 1 aliphatic rings. The van der Waals surface area contributed by atoms with E-state index in [1.807, 2.05) is 0 Å². The summed E-state index contributed by atoms with van der Waals surface area (Å²) >= 11 is 3.22. The Bertz CT molecular complexity index is 945. The van der Waals surface area contributed by atoms with Crippen molar-refractivity contribution in [3.63, 3.8) is 0 Å². The maximum atomic E-state index is 14.0. The minimum atomic E-state index is -3.19. The fraction of sp³-hybridized carbons (Fsp3) is 0.421. The van der Waals surface area contributed by atoms with E-state index < -0.39 is 27.8 Å². The third kappa shape index (κ3) is 4.94. The predicted octanol–water partition coefficient (Wildman–Crippen LogP) is 3.55. The Balaban J connectivity index is 1.84. The van der Waals surface area contributed by atoms with Crippen LogP contribution < -0.4 is 4.74 Å². The van der Waals surface area contributed by atoms with Crippen molar-refractivity contribution in [3.8, 4) is 5.75 Å². The number of ether oxygens (including phenoxy) is 1. The molecule has 1 aliphatic heterocycles. The number of carbonyl (C=O) groups excluding carboxylic acids is 1. The van der Waals surface area contributed by atoms with Crippen molar-refractivity contribution in [1.29, 1.82) is 0 Å². The second-order valence-electron chi connectivity index (χ2n) is 6.67. The Labute approximate surface area is 171 Å². The first-order chi connectivity index (χ1) is 13.3. The van der Waals surface area contributed by atoms with Crippen LogP contribution in [0, 0.1) is 5.82 Å².